The minimum Gasteiger partial charge on any atom is -0.368 e. The van der Waals surface area contributed by atoms with E-state index < -0.39 is 0 Å². The van der Waals surface area contributed by atoms with Crippen molar-refractivity contribution in [2.24, 2.45) is 0 Å². The minimum atomic E-state index is 0.0476. The molecular weight excluding hydrogens is 264 g/mol. The van der Waals surface area contributed by atoms with E-state index in [4.69, 9.17) is 10.5 Å². The van der Waals surface area contributed by atoms with E-state index in [0.29, 0.717) is 5.95 Å². The quantitative estimate of drug-likeness (QED) is 0.917. The maximum atomic E-state index is 6.07. The molecule has 21 heavy (non-hydrogen) atoms. The predicted molar refractivity (Wildman–Crippen MR) is 83.1 cm³/mol. The first-order valence-corrected chi connectivity index (χ1v) is 7.18. The maximum Gasteiger partial charge on any atom is 0.222 e. The Morgan fingerprint density at radius 2 is 1.95 bits per heavy atom. The van der Waals surface area contributed by atoms with Gasteiger partial charge in [0.1, 0.15) is 11.9 Å². The van der Waals surface area contributed by atoms with Crippen molar-refractivity contribution in [1.82, 2.24) is 9.97 Å². The number of nitrogen functional groups attached to an aromatic ring is 1. The number of nitrogens with two attached hydrogens (primary N) is 1. The molecule has 110 valence electrons. The highest BCUT2D eigenvalue weighted by Crippen LogP contribution is 2.28. The molecule has 1 aromatic carbocycles. The van der Waals surface area contributed by atoms with E-state index in [-0.39, 0.29) is 12.2 Å². The number of hydrogen-bond acceptors (Lipinski definition) is 5. The Kier molecular flexibility index (Phi) is 3.75. The number of nitrogens with zero attached hydrogens (tertiary/aromatic N) is 3. The Morgan fingerprint density at radius 1 is 1.19 bits per heavy atom. The summed E-state index contributed by atoms with van der Waals surface area (Å²) >= 11 is 0. The molecule has 2 atom stereocenters. The fourth-order valence-electron chi connectivity index (χ4n) is 2.73. The van der Waals surface area contributed by atoms with Gasteiger partial charge in [0.05, 0.1) is 6.10 Å². The average Bonchev–Trinajstić information content (AvgIpc) is 2.46. The smallest absolute Gasteiger partial charge is 0.222 e. The number of aromatic nitrogens is 2. The molecule has 1 saturated heterocycles. The van der Waals surface area contributed by atoms with Crippen molar-refractivity contribution in [3.63, 3.8) is 0 Å². The van der Waals surface area contributed by atoms with Gasteiger partial charge in [0.25, 0.3) is 0 Å². The van der Waals surface area contributed by atoms with Gasteiger partial charge in [-0.15, -0.1) is 0 Å². The Morgan fingerprint density at radius 3 is 2.67 bits per heavy atom. The van der Waals surface area contributed by atoms with E-state index in [1.807, 2.05) is 31.2 Å². The van der Waals surface area contributed by atoms with Gasteiger partial charge in [0.2, 0.25) is 5.95 Å². The summed E-state index contributed by atoms with van der Waals surface area (Å²) in [6.45, 7) is 5.59. The van der Waals surface area contributed by atoms with Crippen molar-refractivity contribution in [1.29, 1.82) is 0 Å². The highest BCUT2D eigenvalue weighted by Gasteiger charge is 2.27. The van der Waals surface area contributed by atoms with Gasteiger partial charge in [-0.05, 0) is 19.4 Å². The molecule has 0 aliphatic carbocycles. The van der Waals surface area contributed by atoms with Gasteiger partial charge < -0.3 is 15.4 Å². The summed E-state index contributed by atoms with van der Waals surface area (Å²) in [5, 5.41) is 0. The van der Waals surface area contributed by atoms with Crippen LogP contribution < -0.4 is 10.6 Å². The minimum absolute atomic E-state index is 0.0476. The lowest BCUT2D eigenvalue weighted by Gasteiger charge is -2.37. The third-order valence-corrected chi connectivity index (χ3v) is 3.61. The van der Waals surface area contributed by atoms with Crippen LogP contribution in [0, 0.1) is 6.92 Å². The lowest BCUT2D eigenvalue weighted by atomic mass is 10.1. The molecule has 2 unspecified atom stereocenters. The number of benzene rings is 1. The van der Waals surface area contributed by atoms with Gasteiger partial charge >= 0.3 is 0 Å². The van der Waals surface area contributed by atoms with Crippen LogP contribution >= 0.6 is 0 Å². The summed E-state index contributed by atoms with van der Waals surface area (Å²) in [7, 11) is 0. The van der Waals surface area contributed by atoms with Crippen molar-refractivity contribution < 1.29 is 4.74 Å². The third kappa shape index (κ3) is 3.13. The first kappa shape index (κ1) is 13.8. The zero-order valence-electron chi connectivity index (χ0n) is 12.4. The van der Waals surface area contributed by atoms with Gasteiger partial charge in [0, 0.05) is 24.8 Å². The van der Waals surface area contributed by atoms with Crippen LogP contribution in [0.4, 0.5) is 11.8 Å². The summed E-state index contributed by atoms with van der Waals surface area (Å²) in [6.07, 6.45) is 0.187. The molecule has 5 nitrogen and oxygen atoms in total. The van der Waals surface area contributed by atoms with Gasteiger partial charge in [-0.3, -0.25) is 0 Å². The monoisotopic (exact) mass is 284 g/mol. The van der Waals surface area contributed by atoms with Crippen molar-refractivity contribution in [3.05, 3.63) is 47.7 Å². The van der Waals surface area contributed by atoms with Crippen molar-refractivity contribution in [2.45, 2.75) is 26.1 Å². The molecule has 1 fully saturated rings. The number of morpholine rings is 1. The standard InChI is InChI=1S/C16H20N4O/c1-11-8-15(19-16(17)18-11)20-9-12(2)21-14(10-20)13-6-4-3-5-7-13/h3-8,12,14H,9-10H2,1-2H3,(H2,17,18,19). The molecule has 3 rings (SSSR count). The summed E-state index contributed by atoms with van der Waals surface area (Å²) in [6, 6.07) is 12.3. The number of rotatable bonds is 2. The van der Waals surface area contributed by atoms with Crippen LogP contribution in [0.15, 0.2) is 36.4 Å². The number of ether oxygens (including phenoxy) is 1. The lowest BCUT2D eigenvalue weighted by Crippen LogP contribution is -2.43. The van der Waals surface area contributed by atoms with Crippen molar-refractivity contribution in [2.75, 3.05) is 23.7 Å². The van der Waals surface area contributed by atoms with E-state index >= 15 is 0 Å². The molecule has 0 amide bonds. The van der Waals surface area contributed by atoms with Crippen LogP contribution in [0.25, 0.3) is 0 Å². The molecule has 0 radical (unpaired) electrons. The largest absolute Gasteiger partial charge is 0.368 e. The van der Waals surface area contributed by atoms with Crippen LogP contribution in [-0.4, -0.2) is 29.2 Å². The highest BCUT2D eigenvalue weighted by atomic mass is 16.5. The molecule has 0 bridgehead atoms. The second kappa shape index (κ2) is 5.69. The topological polar surface area (TPSA) is 64.3 Å². The molecule has 2 aromatic rings. The Bertz CT molecular complexity index is 597. The maximum absolute atomic E-state index is 6.07. The van der Waals surface area contributed by atoms with E-state index in [0.717, 1.165) is 24.6 Å². The van der Waals surface area contributed by atoms with Gasteiger partial charge in [0.15, 0.2) is 0 Å². The molecule has 1 aliphatic heterocycles. The number of aryl methyl sites for hydroxylation is 1. The predicted octanol–water partition coefficient (Wildman–Crippen LogP) is 2.33. The molecule has 1 aliphatic rings. The molecule has 2 N–H and O–H groups in total. The molecule has 1 aromatic heterocycles. The fraction of sp³-hybridized carbons (Fsp3) is 0.375. The van der Waals surface area contributed by atoms with E-state index in [9.17, 15) is 0 Å². The first-order chi connectivity index (χ1) is 10.1. The fourth-order valence-corrected chi connectivity index (χ4v) is 2.73. The van der Waals surface area contributed by atoms with E-state index in [2.05, 4.69) is 33.9 Å². The summed E-state index contributed by atoms with van der Waals surface area (Å²) in [5.41, 5.74) is 7.84. The van der Waals surface area contributed by atoms with Crippen LogP contribution in [0.2, 0.25) is 0 Å². The van der Waals surface area contributed by atoms with E-state index in [1.54, 1.807) is 0 Å². The van der Waals surface area contributed by atoms with Crippen LogP contribution in [-0.2, 0) is 4.74 Å². The Balaban J connectivity index is 1.86. The third-order valence-electron chi connectivity index (χ3n) is 3.61. The lowest BCUT2D eigenvalue weighted by molar-refractivity contribution is -0.0176. The molecule has 2 heterocycles. The normalized spacial score (nSPS) is 22.3. The molecule has 0 saturated carbocycles. The van der Waals surface area contributed by atoms with Crippen LogP contribution in [0.1, 0.15) is 24.3 Å². The molecule has 0 spiro atoms. The van der Waals surface area contributed by atoms with Gasteiger partial charge in [-0.1, -0.05) is 30.3 Å². The van der Waals surface area contributed by atoms with E-state index in [1.165, 1.54) is 5.56 Å². The average molecular weight is 284 g/mol. The van der Waals surface area contributed by atoms with Gasteiger partial charge in [-0.25, -0.2) is 4.98 Å². The Labute approximate surface area is 124 Å². The Hall–Kier alpha value is -2.14. The van der Waals surface area contributed by atoms with Crippen LogP contribution in [0.3, 0.4) is 0 Å². The van der Waals surface area contributed by atoms with Gasteiger partial charge in [-0.2, -0.15) is 4.98 Å². The summed E-state index contributed by atoms with van der Waals surface area (Å²) < 4.78 is 6.07. The zero-order chi connectivity index (χ0) is 14.8. The summed E-state index contributed by atoms with van der Waals surface area (Å²) in [5.74, 6) is 1.19. The second-order valence-electron chi connectivity index (χ2n) is 5.48. The number of hydrogen-bond donors (Lipinski definition) is 1. The first-order valence-electron chi connectivity index (χ1n) is 7.18. The summed E-state index contributed by atoms with van der Waals surface area (Å²) in [4.78, 5) is 10.7. The SMILES string of the molecule is Cc1cc(N2CC(C)OC(c3ccccc3)C2)nc(N)n1. The van der Waals surface area contributed by atoms with Crippen molar-refractivity contribution >= 4 is 11.8 Å². The zero-order valence-corrected chi connectivity index (χ0v) is 12.4. The molecular formula is C16H20N4O. The highest BCUT2D eigenvalue weighted by molar-refractivity contribution is 5.44. The second-order valence-corrected chi connectivity index (χ2v) is 5.48. The number of anilines is 2. The van der Waals surface area contributed by atoms with Crippen molar-refractivity contribution in [3.8, 4) is 0 Å². The van der Waals surface area contributed by atoms with Crippen LogP contribution in [0.5, 0.6) is 0 Å². The molecule has 5 heteroatoms.